The highest BCUT2D eigenvalue weighted by atomic mass is 32.2. The number of hydrogen-bond acceptors (Lipinski definition) is 4. The van der Waals surface area contributed by atoms with Gasteiger partial charge in [0.05, 0.1) is 5.25 Å². The van der Waals surface area contributed by atoms with E-state index < -0.39 is 15.1 Å². The minimum absolute atomic E-state index is 0.0158. The van der Waals surface area contributed by atoms with Gasteiger partial charge < -0.3 is 10.6 Å². The van der Waals surface area contributed by atoms with Crippen molar-refractivity contribution < 1.29 is 18.0 Å². The van der Waals surface area contributed by atoms with Crippen LogP contribution in [0, 0.1) is 17.8 Å². The van der Waals surface area contributed by atoms with E-state index in [4.69, 9.17) is 0 Å². The van der Waals surface area contributed by atoms with E-state index in [2.05, 4.69) is 10.6 Å². The second-order valence-corrected chi connectivity index (χ2v) is 11.6. The summed E-state index contributed by atoms with van der Waals surface area (Å²) in [4.78, 5) is 24.8. The number of carbonyl (C=O) groups is 2. The first kappa shape index (κ1) is 21.6. The van der Waals surface area contributed by atoms with Crippen molar-refractivity contribution >= 4 is 21.7 Å². The van der Waals surface area contributed by atoms with Crippen LogP contribution in [0.5, 0.6) is 0 Å². The van der Waals surface area contributed by atoms with E-state index >= 15 is 0 Å². The molecule has 7 heteroatoms. The van der Waals surface area contributed by atoms with Crippen LogP contribution in [0.4, 0.5) is 0 Å². The summed E-state index contributed by atoms with van der Waals surface area (Å²) in [5.41, 5.74) is 0. The first-order chi connectivity index (χ1) is 13.4. The number of amides is 2. The van der Waals surface area contributed by atoms with Crippen LogP contribution < -0.4 is 10.6 Å². The largest absolute Gasteiger partial charge is 0.356 e. The number of carbonyl (C=O) groups excluding carboxylic acids is 2. The molecule has 0 spiro atoms. The Labute approximate surface area is 169 Å². The summed E-state index contributed by atoms with van der Waals surface area (Å²) in [6, 6.07) is 0.0158. The van der Waals surface area contributed by atoms with Crippen molar-refractivity contribution in [3.63, 3.8) is 0 Å². The van der Waals surface area contributed by atoms with Gasteiger partial charge in [0.2, 0.25) is 11.8 Å². The Hall–Kier alpha value is -1.11. The van der Waals surface area contributed by atoms with Crippen LogP contribution in [-0.2, 0) is 19.4 Å². The molecule has 2 unspecified atom stereocenters. The molecule has 0 radical (unpaired) electrons. The third kappa shape index (κ3) is 5.71. The molecule has 6 nitrogen and oxygen atoms in total. The molecule has 2 amide bonds. The van der Waals surface area contributed by atoms with Crippen LogP contribution in [0.25, 0.3) is 0 Å². The van der Waals surface area contributed by atoms with Crippen molar-refractivity contribution in [1.29, 1.82) is 0 Å². The van der Waals surface area contributed by atoms with Crippen molar-refractivity contribution in [3.8, 4) is 0 Å². The molecular formula is C21H36N2O4S. The molecule has 4 bridgehead atoms. The summed E-state index contributed by atoms with van der Waals surface area (Å²) in [6.45, 7) is 2.08. The molecule has 0 aromatic heterocycles. The Bertz CT molecular complexity index is 655. The SMILES string of the molecule is CCS(=O)(=O)C1CCC2C[C@@H]1CNC(=O)CC1CCC(CCCC(=O)N2)CC1. The summed E-state index contributed by atoms with van der Waals surface area (Å²) in [5.74, 6) is 1.28. The average molecular weight is 413 g/mol. The molecule has 4 aliphatic rings. The Morgan fingerprint density at radius 1 is 0.929 bits per heavy atom. The summed E-state index contributed by atoms with van der Waals surface area (Å²) in [7, 11) is -3.17. The quantitative estimate of drug-likeness (QED) is 0.729. The third-order valence-electron chi connectivity index (χ3n) is 7.16. The van der Waals surface area contributed by atoms with Gasteiger partial charge in [0.15, 0.2) is 9.84 Å². The summed E-state index contributed by atoms with van der Waals surface area (Å²) < 4.78 is 25.1. The molecule has 3 atom stereocenters. The molecule has 2 heterocycles. The Kier molecular flexibility index (Phi) is 7.40. The van der Waals surface area contributed by atoms with Crippen LogP contribution in [-0.4, -0.2) is 43.8 Å². The first-order valence-electron chi connectivity index (χ1n) is 11.1. The Balaban J connectivity index is 1.71. The highest BCUT2D eigenvalue weighted by molar-refractivity contribution is 7.92. The molecule has 2 aliphatic heterocycles. The Morgan fingerprint density at radius 3 is 2.36 bits per heavy atom. The highest BCUT2D eigenvalue weighted by Gasteiger charge is 2.38. The van der Waals surface area contributed by atoms with E-state index in [1.54, 1.807) is 6.92 Å². The minimum atomic E-state index is -3.17. The molecule has 2 saturated carbocycles. The van der Waals surface area contributed by atoms with Gasteiger partial charge in [-0.25, -0.2) is 8.42 Å². The van der Waals surface area contributed by atoms with E-state index in [-0.39, 0.29) is 29.5 Å². The van der Waals surface area contributed by atoms with Gasteiger partial charge >= 0.3 is 0 Å². The smallest absolute Gasteiger partial charge is 0.220 e. The lowest BCUT2D eigenvalue weighted by atomic mass is 9.78. The van der Waals surface area contributed by atoms with E-state index in [0.717, 1.165) is 38.5 Å². The van der Waals surface area contributed by atoms with Gasteiger partial charge in [0, 0.05) is 31.2 Å². The van der Waals surface area contributed by atoms with Crippen LogP contribution >= 0.6 is 0 Å². The fraction of sp³-hybridized carbons (Fsp3) is 0.905. The van der Waals surface area contributed by atoms with Gasteiger partial charge in [0.25, 0.3) is 0 Å². The lowest BCUT2D eigenvalue weighted by Crippen LogP contribution is -2.48. The number of hydrogen-bond donors (Lipinski definition) is 2. The van der Waals surface area contributed by atoms with Gasteiger partial charge in [-0.1, -0.05) is 19.8 Å². The molecule has 28 heavy (non-hydrogen) atoms. The standard InChI is InChI=1S/C21H36N2O4S/c1-2-28(26,27)19-11-10-18-13-17(19)14-22-21(25)12-16-8-6-15(7-9-16)4-3-5-20(24)23-18/h15-19H,2-14H2,1H3,(H,22,25)(H,23,24)/t15?,16?,17-,18?,19?/m1/s1. The van der Waals surface area contributed by atoms with Gasteiger partial charge in [-0.3, -0.25) is 9.59 Å². The molecule has 4 fully saturated rings. The van der Waals surface area contributed by atoms with Crippen LogP contribution in [0.1, 0.15) is 77.6 Å². The van der Waals surface area contributed by atoms with Gasteiger partial charge in [0.1, 0.15) is 0 Å². The van der Waals surface area contributed by atoms with E-state index in [0.29, 0.717) is 50.5 Å². The number of fused-ring (bicyclic) bond motifs is 9. The Morgan fingerprint density at radius 2 is 1.64 bits per heavy atom. The predicted octanol–water partition coefficient (Wildman–Crippen LogP) is 2.57. The molecule has 0 aromatic rings. The molecule has 4 rings (SSSR count). The minimum Gasteiger partial charge on any atom is -0.356 e. The maximum absolute atomic E-state index is 12.6. The second-order valence-electron chi connectivity index (χ2n) is 9.11. The monoisotopic (exact) mass is 412 g/mol. The van der Waals surface area contributed by atoms with Gasteiger partial charge in [-0.2, -0.15) is 0 Å². The van der Waals surface area contributed by atoms with Crippen LogP contribution in [0.2, 0.25) is 0 Å². The van der Waals surface area contributed by atoms with Gasteiger partial charge in [-0.15, -0.1) is 0 Å². The zero-order valence-corrected chi connectivity index (χ0v) is 17.9. The lowest BCUT2D eigenvalue weighted by Gasteiger charge is -2.36. The van der Waals surface area contributed by atoms with E-state index in [9.17, 15) is 18.0 Å². The first-order valence-corrected chi connectivity index (χ1v) is 12.9. The average Bonchev–Trinajstić information content (AvgIpc) is 2.67. The summed E-state index contributed by atoms with van der Waals surface area (Å²) in [6.07, 6.45) is 9.51. The predicted molar refractivity (Wildman–Crippen MR) is 109 cm³/mol. The number of nitrogens with one attached hydrogen (secondary N) is 2. The maximum atomic E-state index is 12.6. The molecule has 160 valence electrons. The normalized spacial score (nSPS) is 35.8. The zero-order chi connectivity index (χ0) is 20.1. The molecule has 2 saturated heterocycles. The number of sulfone groups is 1. The maximum Gasteiger partial charge on any atom is 0.220 e. The molecular weight excluding hydrogens is 376 g/mol. The molecule has 2 aliphatic carbocycles. The highest BCUT2D eigenvalue weighted by Crippen LogP contribution is 2.34. The third-order valence-corrected chi connectivity index (χ3v) is 9.51. The fourth-order valence-corrected chi connectivity index (χ4v) is 7.14. The van der Waals surface area contributed by atoms with Crippen molar-refractivity contribution in [2.24, 2.45) is 17.8 Å². The second kappa shape index (κ2) is 9.59. The fourth-order valence-electron chi connectivity index (χ4n) is 5.42. The van der Waals surface area contributed by atoms with Gasteiger partial charge in [-0.05, 0) is 62.7 Å². The van der Waals surface area contributed by atoms with Crippen molar-refractivity contribution in [2.75, 3.05) is 12.3 Å². The van der Waals surface area contributed by atoms with E-state index in [1.165, 1.54) is 0 Å². The van der Waals surface area contributed by atoms with Crippen molar-refractivity contribution in [1.82, 2.24) is 10.6 Å². The summed E-state index contributed by atoms with van der Waals surface area (Å²) >= 11 is 0. The lowest BCUT2D eigenvalue weighted by molar-refractivity contribution is -0.124. The van der Waals surface area contributed by atoms with E-state index in [1.807, 2.05) is 0 Å². The van der Waals surface area contributed by atoms with Crippen molar-refractivity contribution in [2.45, 2.75) is 88.8 Å². The van der Waals surface area contributed by atoms with Crippen LogP contribution in [0.15, 0.2) is 0 Å². The zero-order valence-electron chi connectivity index (χ0n) is 17.1. The molecule has 2 N–H and O–H groups in total. The number of rotatable bonds is 2. The summed E-state index contributed by atoms with van der Waals surface area (Å²) in [5, 5.41) is 5.73. The van der Waals surface area contributed by atoms with Crippen molar-refractivity contribution in [3.05, 3.63) is 0 Å². The topological polar surface area (TPSA) is 92.3 Å². The van der Waals surface area contributed by atoms with Crippen LogP contribution in [0.3, 0.4) is 0 Å². The molecule has 0 aromatic carbocycles.